The first-order valence-electron chi connectivity index (χ1n) is 3.83. The molecular weight excluding hydrogens is 169 g/mol. The van der Waals surface area contributed by atoms with Crippen molar-refractivity contribution >= 4 is 14.8 Å². The van der Waals surface area contributed by atoms with Crippen molar-refractivity contribution in [3.05, 3.63) is 35.4 Å². The molecule has 0 heterocycles. The van der Waals surface area contributed by atoms with Crippen LogP contribution in [0.4, 0.5) is 0 Å². The van der Waals surface area contributed by atoms with E-state index in [0.717, 1.165) is 17.5 Å². The van der Waals surface area contributed by atoms with Crippen LogP contribution in [0.1, 0.15) is 15.9 Å². The Morgan fingerprint density at radius 2 is 2.08 bits per heavy atom. The lowest BCUT2D eigenvalue weighted by Crippen LogP contribution is -2.06. The molecule has 2 nitrogen and oxygen atoms in total. The van der Waals surface area contributed by atoms with E-state index in [9.17, 15) is 4.79 Å². The van der Waals surface area contributed by atoms with Crippen LogP contribution < -0.4 is 5.73 Å². The van der Waals surface area contributed by atoms with Crippen LogP contribution >= 0.6 is 9.24 Å². The third-order valence-corrected chi connectivity index (χ3v) is 2.01. The highest BCUT2D eigenvalue weighted by atomic mass is 31.0. The molecule has 0 amide bonds. The van der Waals surface area contributed by atoms with Crippen molar-refractivity contribution in [2.75, 3.05) is 6.54 Å². The fourth-order valence-electron chi connectivity index (χ4n) is 1.13. The predicted molar refractivity (Wildman–Crippen MR) is 53.2 cm³/mol. The molecule has 12 heavy (non-hydrogen) atoms. The molecular formula is C9H12NOP. The van der Waals surface area contributed by atoms with E-state index in [1.165, 1.54) is 0 Å². The number of rotatable bonds is 3. The molecule has 0 spiro atoms. The van der Waals surface area contributed by atoms with Gasteiger partial charge >= 0.3 is 0 Å². The van der Waals surface area contributed by atoms with E-state index in [2.05, 4.69) is 9.24 Å². The standard InChI is InChI=1S/C9H12NOP/c10-6-5-7-3-1-2-4-8(7)9(11)12/h1-4H,5-6,10,12H2. The van der Waals surface area contributed by atoms with E-state index < -0.39 is 0 Å². The van der Waals surface area contributed by atoms with Gasteiger partial charge in [-0.3, -0.25) is 4.79 Å². The number of benzene rings is 1. The first-order chi connectivity index (χ1) is 5.75. The van der Waals surface area contributed by atoms with Gasteiger partial charge in [-0.15, -0.1) is 0 Å². The molecule has 0 aliphatic heterocycles. The number of nitrogens with two attached hydrogens (primary N) is 1. The minimum atomic E-state index is 0.0269. The lowest BCUT2D eigenvalue weighted by atomic mass is 10.1. The van der Waals surface area contributed by atoms with E-state index in [-0.39, 0.29) is 5.52 Å². The summed E-state index contributed by atoms with van der Waals surface area (Å²) in [4.78, 5) is 11.1. The topological polar surface area (TPSA) is 43.1 Å². The highest BCUT2D eigenvalue weighted by Gasteiger charge is 2.04. The third kappa shape index (κ3) is 2.13. The largest absolute Gasteiger partial charge is 0.330 e. The Hall–Kier alpha value is -0.720. The summed E-state index contributed by atoms with van der Waals surface area (Å²) in [5.74, 6) is 0. The van der Waals surface area contributed by atoms with Crippen molar-refractivity contribution in [3.8, 4) is 0 Å². The minimum absolute atomic E-state index is 0.0269. The van der Waals surface area contributed by atoms with Crippen LogP contribution in [0.3, 0.4) is 0 Å². The average molecular weight is 181 g/mol. The number of carbonyl (C=O) groups is 1. The monoisotopic (exact) mass is 181 g/mol. The molecule has 0 bridgehead atoms. The van der Waals surface area contributed by atoms with Crippen molar-refractivity contribution in [1.82, 2.24) is 0 Å². The van der Waals surface area contributed by atoms with E-state index in [0.29, 0.717) is 6.54 Å². The zero-order chi connectivity index (χ0) is 8.97. The fraction of sp³-hybridized carbons (Fsp3) is 0.222. The molecule has 1 rings (SSSR count). The summed E-state index contributed by atoms with van der Waals surface area (Å²) in [6, 6.07) is 7.53. The van der Waals surface area contributed by atoms with Gasteiger partial charge in [0.05, 0.1) is 0 Å². The first-order valence-corrected chi connectivity index (χ1v) is 4.41. The van der Waals surface area contributed by atoms with Crippen LogP contribution in [0.25, 0.3) is 0 Å². The highest BCUT2D eigenvalue weighted by molar-refractivity contribution is 7.41. The molecule has 2 N–H and O–H groups in total. The van der Waals surface area contributed by atoms with E-state index in [1.807, 2.05) is 24.3 Å². The Labute approximate surface area is 74.4 Å². The molecule has 0 aliphatic rings. The molecule has 0 radical (unpaired) electrons. The normalized spacial score (nSPS) is 9.83. The van der Waals surface area contributed by atoms with Crippen LogP contribution in [0.5, 0.6) is 0 Å². The molecule has 3 heteroatoms. The Kier molecular flexibility index (Phi) is 3.39. The maximum atomic E-state index is 11.1. The lowest BCUT2D eigenvalue weighted by Gasteiger charge is -2.03. The second-order valence-electron chi connectivity index (χ2n) is 2.56. The highest BCUT2D eigenvalue weighted by Crippen LogP contribution is 2.12. The molecule has 1 atom stereocenters. The summed E-state index contributed by atoms with van der Waals surface area (Å²) in [6.07, 6.45) is 0.760. The molecule has 1 aromatic rings. The molecule has 1 unspecified atom stereocenters. The second kappa shape index (κ2) is 4.34. The Morgan fingerprint density at radius 3 is 2.67 bits per heavy atom. The summed E-state index contributed by atoms with van der Waals surface area (Å²) >= 11 is 0. The van der Waals surface area contributed by atoms with Gasteiger partial charge in [-0.2, -0.15) is 0 Å². The van der Waals surface area contributed by atoms with Crippen LogP contribution in [0, 0.1) is 0 Å². The van der Waals surface area contributed by atoms with Gasteiger partial charge in [0.25, 0.3) is 0 Å². The van der Waals surface area contributed by atoms with Crippen molar-refractivity contribution in [3.63, 3.8) is 0 Å². The Balaban J connectivity index is 3.00. The summed E-state index contributed by atoms with van der Waals surface area (Å²) < 4.78 is 0. The smallest absolute Gasteiger partial charge is 0.178 e. The molecule has 0 fully saturated rings. The summed E-state index contributed by atoms with van der Waals surface area (Å²) in [5, 5.41) is 0. The molecule has 1 aromatic carbocycles. The molecule has 0 saturated carbocycles. The van der Waals surface area contributed by atoms with Gasteiger partial charge in [0, 0.05) is 5.56 Å². The zero-order valence-electron chi connectivity index (χ0n) is 6.79. The average Bonchev–Trinajstić information content (AvgIpc) is 2.05. The van der Waals surface area contributed by atoms with Gasteiger partial charge in [0.2, 0.25) is 0 Å². The van der Waals surface area contributed by atoms with Crippen LogP contribution in [0.15, 0.2) is 24.3 Å². The number of hydrogen-bond acceptors (Lipinski definition) is 2. The van der Waals surface area contributed by atoms with Crippen LogP contribution in [-0.4, -0.2) is 12.1 Å². The van der Waals surface area contributed by atoms with Crippen molar-refractivity contribution in [2.45, 2.75) is 6.42 Å². The van der Waals surface area contributed by atoms with E-state index in [4.69, 9.17) is 5.73 Å². The fourth-order valence-corrected chi connectivity index (χ4v) is 1.42. The van der Waals surface area contributed by atoms with Gasteiger partial charge < -0.3 is 5.73 Å². The van der Waals surface area contributed by atoms with Crippen LogP contribution in [-0.2, 0) is 6.42 Å². The predicted octanol–water partition coefficient (Wildman–Crippen LogP) is 1.20. The van der Waals surface area contributed by atoms with Gasteiger partial charge in [-0.25, -0.2) is 0 Å². The minimum Gasteiger partial charge on any atom is -0.330 e. The number of hydrogen-bond donors (Lipinski definition) is 1. The van der Waals surface area contributed by atoms with Crippen molar-refractivity contribution < 1.29 is 4.79 Å². The summed E-state index contributed by atoms with van der Waals surface area (Å²) in [6.45, 7) is 0.578. The SMILES string of the molecule is NCCc1ccccc1C(=O)P. The maximum Gasteiger partial charge on any atom is 0.178 e. The molecule has 0 saturated heterocycles. The van der Waals surface area contributed by atoms with Gasteiger partial charge in [0.1, 0.15) is 0 Å². The Bertz CT molecular complexity index is 286. The van der Waals surface area contributed by atoms with Gasteiger partial charge in [0.15, 0.2) is 5.52 Å². The van der Waals surface area contributed by atoms with Crippen molar-refractivity contribution in [2.24, 2.45) is 5.73 Å². The summed E-state index contributed by atoms with van der Waals surface area (Å²) in [7, 11) is 2.18. The quantitative estimate of drug-likeness (QED) is 0.712. The van der Waals surface area contributed by atoms with E-state index in [1.54, 1.807) is 0 Å². The zero-order valence-corrected chi connectivity index (χ0v) is 7.94. The van der Waals surface area contributed by atoms with Gasteiger partial charge in [-0.1, -0.05) is 33.5 Å². The van der Waals surface area contributed by atoms with Gasteiger partial charge in [-0.05, 0) is 18.5 Å². The third-order valence-electron chi connectivity index (χ3n) is 1.70. The molecule has 64 valence electrons. The summed E-state index contributed by atoms with van der Waals surface area (Å²) in [5.41, 5.74) is 7.22. The Morgan fingerprint density at radius 1 is 1.42 bits per heavy atom. The first kappa shape index (κ1) is 9.37. The van der Waals surface area contributed by atoms with Crippen molar-refractivity contribution in [1.29, 1.82) is 0 Å². The maximum absolute atomic E-state index is 11.1. The van der Waals surface area contributed by atoms with E-state index >= 15 is 0 Å². The molecule has 0 aromatic heterocycles. The lowest BCUT2D eigenvalue weighted by molar-refractivity contribution is 0.108. The van der Waals surface area contributed by atoms with Crippen LogP contribution in [0.2, 0.25) is 0 Å². The molecule has 0 aliphatic carbocycles. The second-order valence-corrected chi connectivity index (χ2v) is 3.08. The number of carbonyl (C=O) groups excluding carboxylic acids is 1.